The molecule has 4 unspecified atom stereocenters. The Morgan fingerprint density at radius 3 is 1.00 bits per heavy atom. The van der Waals surface area contributed by atoms with Crippen LogP contribution in [0.4, 0.5) is 0 Å². The van der Waals surface area contributed by atoms with Crippen molar-refractivity contribution in [3.05, 3.63) is 228 Å². The number of fused-ring (bicyclic) bond motifs is 2. The van der Waals surface area contributed by atoms with Gasteiger partial charge in [-0.3, -0.25) is 0 Å². The van der Waals surface area contributed by atoms with Gasteiger partial charge in [-0.1, -0.05) is 0 Å². The van der Waals surface area contributed by atoms with E-state index < -0.39 is 21.5 Å². The normalized spacial score (nSPS) is 16.9. The molecule has 0 fully saturated rings. The number of benzene rings is 8. The summed E-state index contributed by atoms with van der Waals surface area (Å²) >= 11 is -5.33. The Balaban J connectivity index is 1.27. The van der Waals surface area contributed by atoms with Crippen molar-refractivity contribution >= 4 is 35.1 Å². The second-order valence-corrected chi connectivity index (χ2v) is 62.2. The number of allylic oxidation sites excluding steroid dienone is 2. The summed E-state index contributed by atoms with van der Waals surface area (Å²) in [5.74, 6) is -1.33. The van der Waals surface area contributed by atoms with Crippen LogP contribution in [0.3, 0.4) is 0 Å². The van der Waals surface area contributed by atoms with Gasteiger partial charge in [0.2, 0.25) is 0 Å². The maximum atomic E-state index is 9.31. The third-order valence-electron chi connectivity index (χ3n) is 15.8. The third-order valence-corrected chi connectivity index (χ3v) is 67.4. The average molecular weight is 1020 g/mol. The summed E-state index contributed by atoms with van der Waals surface area (Å²) in [6.07, 6.45) is 7.17. The predicted octanol–water partition coefficient (Wildman–Crippen LogP) is 19.3. The van der Waals surface area contributed by atoms with Crippen molar-refractivity contribution in [1.29, 1.82) is 0 Å². The zero-order valence-electron chi connectivity index (χ0n) is 40.2. The fourth-order valence-corrected chi connectivity index (χ4v) is 43.0. The van der Waals surface area contributed by atoms with Gasteiger partial charge in [-0.05, 0) is 0 Å². The molecular weight excluding hydrogens is 959 g/mol. The second-order valence-electron chi connectivity index (χ2n) is 19.7. The van der Waals surface area contributed by atoms with Gasteiger partial charge in [0.15, 0.2) is 0 Å². The van der Waals surface area contributed by atoms with Crippen molar-refractivity contribution in [2.45, 2.75) is 60.9 Å². The van der Waals surface area contributed by atoms with Crippen LogP contribution in [-0.2, 0) is 15.6 Å². The van der Waals surface area contributed by atoms with E-state index >= 15 is 0 Å². The first-order chi connectivity index (χ1) is 33.0. The number of rotatable bonds is 13. The van der Waals surface area contributed by atoms with Crippen LogP contribution >= 0.6 is 17.0 Å². The predicted molar refractivity (Wildman–Crippen MR) is 296 cm³/mol. The molecule has 0 radical (unpaired) electrons. The molecule has 2 aliphatic rings. The Kier molecular flexibility index (Phi) is 13.0. The molecule has 0 nitrogen and oxygen atoms in total. The van der Waals surface area contributed by atoms with Crippen LogP contribution in [0.2, 0.25) is 13.1 Å². The first kappa shape index (κ1) is 46.6. The van der Waals surface area contributed by atoms with E-state index in [0.717, 1.165) is 12.8 Å². The molecule has 68 heavy (non-hydrogen) atoms. The van der Waals surface area contributed by atoms with Crippen molar-refractivity contribution in [1.82, 2.24) is 0 Å². The van der Waals surface area contributed by atoms with E-state index in [1.807, 2.05) is 0 Å². The van der Waals surface area contributed by atoms with Crippen molar-refractivity contribution in [3.8, 4) is 66.8 Å². The van der Waals surface area contributed by atoms with Gasteiger partial charge in [0, 0.05) is 0 Å². The van der Waals surface area contributed by atoms with Gasteiger partial charge in [0.05, 0.1) is 0 Å². The molecule has 0 amide bonds. The Labute approximate surface area is 414 Å². The summed E-state index contributed by atoms with van der Waals surface area (Å²) in [6.45, 7) is 14.5. The Morgan fingerprint density at radius 1 is 0.397 bits per heavy atom. The van der Waals surface area contributed by atoms with Crippen LogP contribution in [0.25, 0.3) is 78.9 Å². The third kappa shape index (κ3) is 7.85. The maximum absolute atomic E-state index is 9.31. The van der Waals surface area contributed by atoms with Crippen LogP contribution in [0.1, 0.15) is 70.0 Å². The summed E-state index contributed by atoms with van der Waals surface area (Å²) < 4.78 is -0.109. The first-order valence-electron chi connectivity index (χ1n) is 24.8. The molecule has 0 aromatic heterocycles. The molecule has 2 aliphatic carbocycles. The average Bonchev–Trinajstić information content (AvgIpc) is 4.00. The van der Waals surface area contributed by atoms with E-state index in [1.54, 1.807) is 0 Å². The molecule has 0 heterocycles. The van der Waals surface area contributed by atoms with E-state index in [-0.39, 0.29) is 19.1 Å². The van der Waals surface area contributed by atoms with Crippen LogP contribution in [-0.4, -0.2) is 5.92 Å². The molecule has 0 N–H and O–H groups in total. The van der Waals surface area contributed by atoms with Crippen molar-refractivity contribution in [3.63, 3.8) is 0 Å². The minimum absolute atomic E-state index is 0.0545. The molecule has 0 spiro atoms. The summed E-state index contributed by atoms with van der Waals surface area (Å²) in [4.78, 5) is 0. The monoisotopic (exact) mass is 1020 g/mol. The zero-order chi connectivity index (χ0) is 47.2. The van der Waals surface area contributed by atoms with Crippen LogP contribution in [0.5, 0.6) is 0 Å². The molecule has 4 atom stereocenters. The number of halogens is 2. The van der Waals surface area contributed by atoms with Crippen molar-refractivity contribution < 1.29 is 15.6 Å². The zero-order valence-corrected chi connectivity index (χ0v) is 45.3. The van der Waals surface area contributed by atoms with Gasteiger partial charge in [-0.15, -0.1) is 0 Å². The molecule has 8 aromatic rings. The Morgan fingerprint density at radius 2 is 0.691 bits per heavy atom. The van der Waals surface area contributed by atoms with Crippen LogP contribution in [0.15, 0.2) is 205 Å². The summed E-state index contributed by atoms with van der Waals surface area (Å²) in [5.41, 5.74) is 22.8. The fraction of sp³-hybridized carbons (Fsp3) is 0.188. The molecule has 0 aliphatic heterocycles. The molecule has 0 bridgehead atoms. The molecule has 0 saturated heterocycles. The van der Waals surface area contributed by atoms with Crippen LogP contribution in [0, 0.1) is 11.8 Å². The van der Waals surface area contributed by atoms with Gasteiger partial charge in [-0.25, -0.2) is 0 Å². The minimum atomic E-state index is -5.33. The Bertz CT molecular complexity index is 2980. The van der Waals surface area contributed by atoms with Gasteiger partial charge in [0.25, 0.3) is 0 Å². The van der Waals surface area contributed by atoms with Gasteiger partial charge in [0.1, 0.15) is 0 Å². The molecule has 10 rings (SSSR count). The second kappa shape index (κ2) is 19.0. The molecule has 0 saturated carbocycles. The van der Waals surface area contributed by atoms with E-state index in [0.29, 0.717) is 0 Å². The molecule has 4 heteroatoms. The number of hydrogen-bond donors (Lipinski definition) is 0. The Hall–Kier alpha value is -5.08. The SMILES string of the molecule is CCC(C)C1=Cc2c(ccc(-c3ccccc3)c2-c2ccccc2-c2ccccc2)[CH]1[Zr]([Cl])([Cl])([CH]1C(C(C)CC)=Cc2c1ccc(-c1ccccc1)c2-c1ccccc1-c1ccccc1)[SiH](C)C. The standard InChI is InChI=1S/2C31H27.C2H7Si.2ClH.Zr/c2*1-3-22(2)26-20-25-18-19-28(24-14-8-5-9-15-24)31(30(25)21-26)29-17-11-10-16-27(29)23-12-6-4-7-13-23;1-3-2;;;/h2*4-22H,3H2,1-2H3;3H,1-2H3;2*1H;/q;;;;;+2/p-2. The van der Waals surface area contributed by atoms with E-state index in [4.69, 9.17) is 0 Å². The fourth-order valence-electron chi connectivity index (χ4n) is 11.8. The van der Waals surface area contributed by atoms with Crippen molar-refractivity contribution in [2.24, 2.45) is 11.8 Å². The van der Waals surface area contributed by atoms with Gasteiger partial charge in [-0.2, -0.15) is 0 Å². The summed E-state index contributed by atoms with van der Waals surface area (Å²) in [7, 11) is 18.6. The molecular formula is C64H61Cl2SiZr. The van der Waals surface area contributed by atoms with E-state index in [2.05, 4.69) is 247 Å². The van der Waals surface area contributed by atoms with Crippen molar-refractivity contribution in [2.75, 3.05) is 0 Å². The first-order valence-corrected chi connectivity index (χ1v) is 41.1. The molecule has 8 aromatic carbocycles. The van der Waals surface area contributed by atoms with Crippen LogP contribution < -0.4 is 0 Å². The van der Waals surface area contributed by atoms with E-state index in [1.165, 1.54) is 100 Å². The number of hydrogen-bond acceptors (Lipinski definition) is 0. The topological polar surface area (TPSA) is 0 Å². The quantitative estimate of drug-likeness (QED) is 0.101. The summed E-state index contributed by atoms with van der Waals surface area (Å²) in [6, 6.07) is 71.3. The van der Waals surface area contributed by atoms with Gasteiger partial charge < -0.3 is 0 Å². The van der Waals surface area contributed by atoms with E-state index in [9.17, 15) is 17.0 Å². The van der Waals surface area contributed by atoms with Gasteiger partial charge >= 0.3 is 418 Å². The summed E-state index contributed by atoms with van der Waals surface area (Å²) in [5, 5.41) is 0. The molecule has 339 valence electrons.